The number of carbonyl (C=O) groups excluding carboxylic acids is 1. The van der Waals surface area contributed by atoms with E-state index < -0.39 is 5.82 Å². The predicted octanol–water partition coefficient (Wildman–Crippen LogP) is 2.20. The van der Waals surface area contributed by atoms with E-state index in [0.717, 1.165) is 17.3 Å². The number of hydrogen-bond acceptors (Lipinski definition) is 2. The highest BCUT2D eigenvalue weighted by Gasteiger charge is 2.06. The van der Waals surface area contributed by atoms with Gasteiger partial charge in [0.25, 0.3) is 5.91 Å². The molecular formula is C15H11FN3O. The first-order valence-corrected chi connectivity index (χ1v) is 6.09. The molecule has 4 nitrogen and oxygen atoms in total. The van der Waals surface area contributed by atoms with Crippen molar-refractivity contribution in [3.05, 3.63) is 71.9 Å². The molecule has 1 aromatic carbocycles. The van der Waals surface area contributed by atoms with Crippen LogP contribution in [0, 0.1) is 11.9 Å². The maximum absolute atomic E-state index is 13.0. The van der Waals surface area contributed by atoms with E-state index in [2.05, 4.69) is 16.4 Å². The first-order valence-electron chi connectivity index (χ1n) is 6.09. The second-order valence-corrected chi connectivity index (χ2v) is 4.34. The number of carbonyl (C=O) groups is 1. The summed E-state index contributed by atoms with van der Waals surface area (Å²) < 4.78 is 14.9. The molecule has 0 saturated heterocycles. The topological polar surface area (TPSA) is 46.4 Å². The van der Waals surface area contributed by atoms with Crippen LogP contribution in [0.2, 0.25) is 0 Å². The minimum atomic E-state index is -0.545. The Balaban J connectivity index is 1.71. The fourth-order valence-corrected chi connectivity index (χ4v) is 1.93. The van der Waals surface area contributed by atoms with E-state index in [-0.39, 0.29) is 11.5 Å². The largest absolute Gasteiger partial charge is 0.348 e. The lowest BCUT2D eigenvalue weighted by molar-refractivity contribution is 0.0950. The van der Waals surface area contributed by atoms with Gasteiger partial charge in [0.2, 0.25) is 0 Å². The summed E-state index contributed by atoms with van der Waals surface area (Å²) in [7, 11) is 0. The number of nitrogens with one attached hydrogen (secondary N) is 1. The zero-order valence-corrected chi connectivity index (χ0v) is 10.5. The fourth-order valence-electron chi connectivity index (χ4n) is 1.93. The first kappa shape index (κ1) is 12.3. The Kier molecular flexibility index (Phi) is 3.16. The van der Waals surface area contributed by atoms with Crippen LogP contribution in [0.5, 0.6) is 0 Å². The van der Waals surface area contributed by atoms with Crippen molar-refractivity contribution in [2.24, 2.45) is 0 Å². The molecule has 0 spiro atoms. The molecule has 1 N–H and O–H groups in total. The van der Waals surface area contributed by atoms with Gasteiger partial charge in [-0.25, -0.2) is 9.37 Å². The molecule has 5 heteroatoms. The van der Waals surface area contributed by atoms with Crippen molar-refractivity contribution < 1.29 is 9.18 Å². The second kappa shape index (κ2) is 5.13. The molecule has 1 radical (unpaired) electrons. The van der Waals surface area contributed by atoms with E-state index >= 15 is 0 Å². The maximum atomic E-state index is 13.0. The molecule has 0 aliphatic carbocycles. The van der Waals surface area contributed by atoms with Gasteiger partial charge < -0.3 is 9.72 Å². The number of pyridine rings is 1. The van der Waals surface area contributed by atoms with Crippen LogP contribution in [0.3, 0.4) is 0 Å². The molecule has 99 valence electrons. The molecule has 20 heavy (non-hydrogen) atoms. The monoisotopic (exact) mass is 268 g/mol. The zero-order valence-electron chi connectivity index (χ0n) is 10.5. The lowest BCUT2D eigenvalue weighted by atomic mass is 10.2. The molecule has 3 aromatic rings. The van der Waals surface area contributed by atoms with Crippen molar-refractivity contribution in [3.8, 4) is 0 Å². The van der Waals surface area contributed by atoms with Crippen molar-refractivity contribution in [3.63, 3.8) is 0 Å². The average molecular weight is 268 g/mol. The second-order valence-electron chi connectivity index (χ2n) is 4.34. The van der Waals surface area contributed by atoms with Crippen LogP contribution in [-0.2, 0) is 6.54 Å². The van der Waals surface area contributed by atoms with E-state index in [1.807, 2.05) is 28.9 Å². The van der Waals surface area contributed by atoms with Gasteiger partial charge in [0.05, 0.1) is 0 Å². The van der Waals surface area contributed by atoms with Gasteiger partial charge in [-0.1, -0.05) is 6.07 Å². The van der Waals surface area contributed by atoms with E-state index in [4.69, 9.17) is 0 Å². The molecular weight excluding hydrogens is 257 g/mol. The number of amides is 1. The van der Waals surface area contributed by atoms with Gasteiger partial charge in [-0.2, -0.15) is 0 Å². The zero-order chi connectivity index (χ0) is 13.9. The average Bonchev–Trinajstić information content (AvgIpc) is 2.92. The summed E-state index contributed by atoms with van der Waals surface area (Å²) in [5.41, 5.74) is 2.03. The normalized spacial score (nSPS) is 10.7. The summed E-state index contributed by atoms with van der Waals surface area (Å²) in [6.45, 7) is 0.364. The van der Waals surface area contributed by atoms with Gasteiger partial charge in [0, 0.05) is 36.8 Å². The summed E-state index contributed by atoms with van der Waals surface area (Å²) in [4.78, 5) is 16.0. The van der Waals surface area contributed by atoms with Crippen LogP contribution in [0.15, 0.2) is 48.9 Å². The van der Waals surface area contributed by atoms with E-state index in [9.17, 15) is 9.18 Å². The minimum absolute atomic E-state index is 0.281. The number of benzene rings is 1. The van der Waals surface area contributed by atoms with Crippen molar-refractivity contribution in [2.45, 2.75) is 6.54 Å². The number of nitrogens with zero attached hydrogens (tertiary/aromatic N) is 2. The van der Waals surface area contributed by atoms with Gasteiger partial charge >= 0.3 is 0 Å². The fraction of sp³-hybridized carbons (Fsp3) is 0.0667. The molecule has 0 aliphatic heterocycles. The molecule has 1 amide bonds. The van der Waals surface area contributed by atoms with E-state index in [0.29, 0.717) is 6.54 Å². The molecule has 2 heterocycles. The first-order chi connectivity index (χ1) is 9.72. The van der Waals surface area contributed by atoms with Gasteiger partial charge in [-0.05, 0) is 29.8 Å². The Hall–Kier alpha value is -2.69. The minimum Gasteiger partial charge on any atom is -0.348 e. The van der Waals surface area contributed by atoms with Gasteiger partial charge in [0.1, 0.15) is 11.5 Å². The molecule has 2 aromatic heterocycles. The SMILES string of the molecule is O=C(NCc1ccn2ccnc2c1)c1cc[c]c(F)c1. The van der Waals surface area contributed by atoms with Gasteiger partial charge in [0.15, 0.2) is 0 Å². The highest BCUT2D eigenvalue weighted by molar-refractivity contribution is 5.94. The van der Waals surface area contributed by atoms with Gasteiger partial charge in [-0.15, -0.1) is 0 Å². The Bertz CT molecular complexity index is 766. The Morgan fingerprint density at radius 2 is 2.25 bits per heavy atom. The number of halogens is 1. The van der Waals surface area contributed by atoms with Crippen molar-refractivity contribution in [1.82, 2.24) is 14.7 Å². The number of fused-ring (bicyclic) bond motifs is 1. The van der Waals surface area contributed by atoms with Crippen LogP contribution < -0.4 is 5.32 Å². The number of hydrogen-bond donors (Lipinski definition) is 1. The lowest BCUT2D eigenvalue weighted by Crippen LogP contribution is -2.22. The van der Waals surface area contributed by atoms with Crippen LogP contribution in [0.25, 0.3) is 5.65 Å². The Morgan fingerprint density at radius 1 is 1.35 bits per heavy atom. The third kappa shape index (κ3) is 2.51. The van der Waals surface area contributed by atoms with Crippen LogP contribution >= 0.6 is 0 Å². The quantitative estimate of drug-likeness (QED) is 0.791. The summed E-state index contributed by atoms with van der Waals surface area (Å²) in [5.74, 6) is -0.863. The molecule has 0 aliphatic rings. The number of rotatable bonds is 3. The smallest absolute Gasteiger partial charge is 0.251 e. The predicted molar refractivity (Wildman–Crippen MR) is 71.6 cm³/mol. The lowest BCUT2D eigenvalue weighted by Gasteiger charge is -2.06. The summed E-state index contributed by atoms with van der Waals surface area (Å²) in [6.07, 6.45) is 5.43. The standard InChI is InChI=1S/C15H11FN3O/c16-13-3-1-2-12(9-13)15(20)18-10-11-4-6-19-7-5-17-14(19)8-11/h1-2,4-9H,10H2,(H,18,20). The maximum Gasteiger partial charge on any atom is 0.251 e. The summed E-state index contributed by atoms with van der Waals surface area (Å²) >= 11 is 0. The summed E-state index contributed by atoms with van der Waals surface area (Å²) in [6, 6.07) is 10.2. The van der Waals surface area contributed by atoms with Crippen LogP contribution in [0.1, 0.15) is 15.9 Å². The van der Waals surface area contributed by atoms with Gasteiger partial charge in [-0.3, -0.25) is 4.79 Å². The molecule has 3 rings (SSSR count). The molecule has 0 bridgehead atoms. The van der Waals surface area contributed by atoms with Crippen LogP contribution in [-0.4, -0.2) is 15.3 Å². The van der Waals surface area contributed by atoms with E-state index in [1.54, 1.807) is 6.20 Å². The van der Waals surface area contributed by atoms with Crippen molar-refractivity contribution in [1.29, 1.82) is 0 Å². The van der Waals surface area contributed by atoms with E-state index in [1.165, 1.54) is 12.1 Å². The third-order valence-corrected chi connectivity index (χ3v) is 2.94. The van der Waals surface area contributed by atoms with Crippen LogP contribution in [0.4, 0.5) is 4.39 Å². The Labute approximate surface area is 114 Å². The molecule has 0 saturated carbocycles. The third-order valence-electron chi connectivity index (χ3n) is 2.94. The number of aromatic nitrogens is 2. The molecule has 0 unspecified atom stereocenters. The van der Waals surface area contributed by atoms with Crippen molar-refractivity contribution >= 4 is 11.6 Å². The van der Waals surface area contributed by atoms with Crippen molar-refractivity contribution in [2.75, 3.05) is 0 Å². The Morgan fingerprint density at radius 3 is 3.10 bits per heavy atom. The summed E-state index contributed by atoms with van der Waals surface area (Å²) in [5, 5.41) is 2.74. The highest BCUT2D eigenvalue weighted by atomic mass is 19.1. The molecule has 0 atom stereocenters. The molecule has 0 fully saturated rings. The highest BCUT2D eigenvalue weighted by Crippen LogP contribution is 2.06. The number of imidazole rings is 1.